The third-order valence-corrected chi connectivity index (χ3v) is 3.28. The van der Waals surface area contributed by atoms with Gasteiger partial charge in [0.2, 0.25) is 6.41 Å². The molecule has 0 fully saturated rings. The second kappa shape index (κ2) is 7.25. The standard InChI is InChI=1S/C15H11N3O4.CH5N/c16-14(21)13-10-3-1-8(12-4-2-9(6-19)22-12)5-11(10)18-15(13)17-7-20;1-2/h1-7,18H,(H2,16,21)(H,17,20);2H2,1H3. The summed E-state index contributed by atoms with van der Waals surface area (Å²) in [7, 11) is 1.50. The highest BCUT2D eigenvalue weighted by atomic mass is 16.3. The van der Waals surface area contributed by atoms with Crippen LogP contribution in [-0.2, 0) is 4.79 Å². The number of furan rings is 1. The predicted octanol–water partition coefficient (Wildman–Crippen LogP) is 1.48. The molecule has 0 saturated carbocycles. The Labute approximate surface area is 136 Å². The highest BCUT2D eigenvalue weighted by Gasteiger charge is 2.17. The van der Waals surface area contributed by atoms with E-state index >= 15 is 0 Å². The van der Waals surface area contributed by atoms with Crippen LogP contribution in [0.5, 0.6) is 0 Å². The van der Waals surface area contributed by atoms with Crippen molar-refractivity contribution in [1.82, 2.24) is 4.98 Å². The van der Waals surface area contributed by atoms with E-state index in [1.807, 2.05) is 0 Å². The summed E-state index contributed by atoms with van der Waals surface area (Å²) >= 11 is 0. The molecule has 0 aliphatic rings. The molecule has 0 spiro atoms. The fraction of sp³-hybridized carbons (Fsp3) is 0.0625. The molecule has 0 atom stereocenters. The Morgan fingerprint density at radius 1 is 1.21 bits per heavy atom. The molecule has 8 heteroatoms. The fourth-order valence-corrected chi connectivity index (χ4v) is 2.35. The van der Waals surface area contributed by atoms with Gasteiger partial charge in [-0.3, -0.25) is 14.4 Å². The number of hydrogen-bond acceptors (Lipinski definition) is 5. The van der Waals surface area contributed by atoms with E-state index in [2.05, 4.69) is 16.0 Å². The summed E-state index contributed by atoms with van der Waals surface area (Å²) in [5, 5.41) is 3.00. The number of carbonyl (C=O) groups excluding carboxylic acids is 3. The number of primary amides is 1. The number of carbonyl (C=O) groups is 3. The van der Waals surface area contributed by atoms with E-state index in [1.54, 1.807) is 30.3 Å². The smallest absolute Gasteiger partial charge is 0.253 e. The lowest BCUT2D eigenvalue weighted by Gasteiger charge is -1.99. The largest absolute Gasteiger partial charge is 0.453 e. The van der Waals surface area contributed by atoms with E-state index in [9.17, 15) is 14.4 Å². The van der Waals surface area contributed by atoms with Gasteiger partial charge in [-0.15, -0.1) is 0 Å². The summed E-state index contributed by atoms with van der Waals surface area (Å²) in [5.74, 6) is 0.333. The summed E-state index contributed by atoms with van der Waals surface area (Å²) in [6.07, 6.45) is 1.08. The Hall–Kier alpha value is -3.39. The molecule has 124 valence electrons. The zero-order valence-electron chi connectivity index (χ0n) is 12.8. The number of benzene rings is 1. The lowest BCUT2D eigenvalue weighted by Crippen LogP contribution is -2.13. The van der Waals surface area contributed by atoms with Crippen LogP contribution in [0.4, 0.5) is 5.82 Å². The molecule has 0 aliphatic carbocycles. The van der Waals surface area contributed by atoms with Gasteiger partial charge < -0.3 is 26.2 Å². The van der Waals surface area contributed by atoms with E-state index in [4.69, 9.17) is 10.2 Å². The summed E-state index contributed by atoms with van der Waals surface area (Å²) < 4.78 is 5.35. The van der Waals surface area contributed by atoms with Gasteiger partial charge in [-0.2, -0.15) is 0 Å². The second-order valence-corrected chi connectivity index (χ2v) is 4.58. The first-order chi connectivity index (χ1) is 11.6. The quantitative estimate of drug-likeness (QED) is 0.524. The third-order valence-electron chi connectivity index (χ3n) is 3.28. The van der Waals surface area contributed by atoms with Gasteiger partial charge in [-0.05, 0) is 25.2 Å². The van der Waals surface area contributed by atoms with Crippen LogP contribution >= 0.6 is 0 Å². The molecule has 6 N–H and O–H groups in total. The minimum Gasteiger partial charge on any atom is -0.453 e. The lowest BCUT2D eigenvalue weighted by molar-refractivity contribution is -0.105. The van der Waals surface area contributed by atoms with Crippen LogP contribution in [0.1, 0.15) is 20.9 Å². The molecule has 0 radical (unpaired) electrons. The first-order valence-corrected chi connectivity index (χ1v) is 6.93. The van der Waals surface area contributed by atoms with Crippen LogP contribution in [0.3, 0.4) is 0 Å². The fourth-order valence-electron chi connectivity index (χ4n) is 2.35. The molecular formula is C16H16N4O4. The maximum atomic E-state index is 11.6. The van der Waals surface area contributed by atoms with Crippen LogP contribution < -0.4 is 16.8 Å². The first-order valence-electron chi connectivity index (χ1n) is 6.93. The van der Waals surface area contributed by atoms with Gasteiger partial charge in [-0.25, -0.2) is 0 Å². The van der Waals surface area contributed by atoms with Gasteiger partial charge in [0.25, 0.3) is 5.91 Å². The highest BCUT2D eigenvalue weighted by Crippen LogP contribution is 2.30. The summed E-state index contributed by atoms with van der Waals surface area (Å²) in [4.78, 5) is 35.8. The van der Waals surface area contributed by atoms with Crippen LogP contribution in [0.2, 0.25) is 0 Å². The molecule has 0 bridgehead atoms. The zero-order valence-corrected chi connectivity index (χ0v) is 12.8. The van der Waals surface area contributed by atoms with Crippen LogP contribution in [-0.4, -0.2) is 30.6 Å². The number of amides is 2. The number of nitrogens with one attached hydrogen (secondary N) is 2. The topological polar surface area (TPSA) is 144 Å². The van der Waals surface area contributed by atoms with Crippen molar-refractivity contribution in [2.45, 2.75) is 0 Å². The molecule has 0 unspecified atom stereocenters. The van der Waals surface area contributed by atoms with Crippen molar-refractivity contribution in [3.05, 3.63) is 41.7 Å². The molecule has 0 saturated heterocycles. The monoisotopic (exact) mass is 328 g/mol. The maximum absolute atomic E-state index is 11.6. The first kappa shape index (κ1) is 17.0. The van der Waals surface area contributed by atoms with Crippen LogP contribution in [0, 0.1) is 0 Å². The molecule has 2 amide bonds. The van der Waals surface area contributed by atoms with Gasteiger partial charge >= 0.3 is 0 Å². The molecule has 3 aromatic rings. The van der Waals surface area contributed by atoms with Crippen LogP contribution in [0.15, 0.2) is 34.7 Å². The number of anilines is 1. The second-order valence-electron chi connectivity index (χ2n) is 4.58. The average Bonchev–Trinajstić information content (AvgIpc) is 3.20. The molecule has 8 nitrogen and oxygen atoms in total. The third kappa shape index (κ3) is 3.03. The van der Waals surface area contributed by atoms with E-state index in [0.717, 1.165) is 5.56 Å². The molecule has 2 aromatic heterocycles. The molecule has 3 rings (SSSR count). The number of fused-ring (bicyclic) bond motifs is 1. The Balaban J connectivity index is 0.00000100. The lowest BCUT2D eigenvalue weighted by atomic mass is 10.1. The Kier molecular flexibility index (Phi) is 5.13. The number of aromatic amines is 1. The van der Waals surface area contributed by atoms with E-state index in [-0.39, 0.29) is 17.1 Å². The summed E-state index contributed by atoms with van der Waals surface area (Å²) in [5.41, 5.74) is 11.4. The minimum absolute atomic E-state index is 0.210. The molecule has 1 aromatic carbocycles. The van der Waals surface area contributed by atoms with Gasteiger partial charge in [0.1, 0.15) is 11.6 Å². The Bertz CT molecular complexity index is 895. The summed E-state index contributed by atoms with van der Waals surface area (Å²) in [6.45, 7) is 0. The van der Waals surface area contributed by atoms with Crippen molar-refractivity contribution < 1.29 is 18.8 Å². The Morgan fingerprint density at radius 2 is 1.96 bits per heavy atom. The van der Waals surface area contributed by atoms with Gasteiger partial charge in [-0.1, -0.05) is 12.1 Å². The minimum atomic E-state index is -0.649. The van der Waals surface area contributed by atoms with Crippen molar-refractivity contribution >= 4 is 35.3 Å². The van der Waals surface area contributed by atoms with Crippen molar-refractivity contribution in [1.29, 1.82) is 0 Å². The van der Waals surface area contributed by atoms with Gasteiger partial charge in [0.15, 0.2) is 12.0 Å². The zero-order chi connectivity index (χ0) is 17.7. The van der Waals surface area contributed by atoms with E-state index in [1.165, 1.54) is 7.05 Å². The van der Waals surface area contributed by atoms with Crippen LogP contribution in [0.25, 0.3) is 22.2 Å². The number of aromatic nitrogens is 1. The van der Waals surface area contributed by atoms with Crippen molar-refractivity contribution in [2.24, 2.45) is 11.5 Å². The number of hydrogen-bond donors (Lipinski definition) is 4. The van der Waals surface area contributed by atoms with Crippen molar-refractivity contribution in [3.8, 4) is 11.3 Å². The SMILES string of the molecule is CN.NC(=O)c1c(NC=O)[nH]c2cc(-c3ccc(C=O)o3)ccc12. The maximum Gasteiger partial charge on any atom is 0.253 e. The Morgan fingerprint density at radius 3 is 2.54 bits per heavy atom. The van der Waals surface area contributed by atoms with Gasteiger partial charge in [0, 0.05) is 16.5 Å². The van der Waals surface area contributed by atoms with Crippen molar-refractivity contribution in [2.75, 3.05) is 12.4 Å². The predicted molar refractivity (Wildman–Crippen MR) is 89.7 cm³/mol. The normalized spacial score (nSPS) is 9.92. The number of H-pyrrole nitrogens is 1. The van der Waals surface area contributed by atoms with Crippen molar-refractivity contribution in [3.63, 3.8) is 0 Å². The van der Waals surface area contributed by atoms with Gasteiger partial charge in [0.05, 0.1) is 5.56 Å². The molecule has 0 aliphatic heterocycles. The molecule has 24 heavy (non-hydrogen) atoms. The molecule has 2 heterocycles. The molecular weight excluding hydrogens is 312 g/mol. The highest BCUT2D eigenvalue weighted by molar-refractivity contribution is 6.12. The number of aldehydes is 1. The van der Waals surface area contributed by atoms with E-state index < -0.39 is 5.91 Å². The summed E-state index contributed by atoms with van der Waals surface area (Å²) in [6, 6.07) is 8.41. The number of nitrogens with two attached hydrogens (primary N) is 2. The average molecular weight is 328 g/mol. The van der Waals surface area contributed by atoms with E-state index in [0.29, 0.717) is 29.4 Å². The number of rotatable bonds is 5.